The third-order valence-electron chi connectivity index (χ3n) is 3.49. The van der Waals surface area contributed by atoms with Crippen molar-refractivity contribution in [2.75, 3.05) is 0 Å². The molecule has 1 nitrogen and oxygen atoms in total. The van der Waals surface area contributed by atoms with Crippen LogP contribution in [-0.2, 0) is 6.42 Å². The zero-order chi connectivity index (χ0) is 11.8. The van der Waals surface area contributed by atoms with Crippen molar-refractivity contribution in [3.63, 3.8) is 0 Å². The van der Waals surface area contributed by atoms with Crippen LogP contribution in [0.3, 0.4) is 0 Å². The van der Waals surface area contributed by atoms with Gasteiger partial charge in [-0.15, -0.1) is 0 Å². The Labute approximate surface area is 101 Å². The summed E-state index contributed by atoms with van der Waals surface area (Å²) in [6, 6.07) is 14.6. The fraction of sp³-hybridized carbons (Fsp3) is 0.188. The Balaban J connectivity index is 2.15. The SMILES string of the molecule is Cc1ccccc1-c1ccc2c(c1)C(=O)CC2. The molecule has 0 amide bonds. The summed E-state index contributed by atoms with van der Waals surface area (Å²) in [5, 5.41) is 0. The van der Waals surface area contributed by atoms with Gasteiger partial charge in [-0.25, -0.2) is 0 Å². The van der Waals surface area contributed by atoms with Crippen LogP contribution in [0.15, 0.2) is 42.5 Å². The number of Topliss-reactive ketones (excluding diaryl/α,β-unsaturated/α-hetero) is 1. The minimum Gasteiger partial charge on any atom is -0.294 e. The number of carbonyl (C=O) groups is 1. The third kappa shape index (κ3) is 1.68. The molecule has 0 atom stereocenters. The molecule has 0 aliphatic heterocycles. The second-order valence-electron chi connectivity index (χ2n) is 4.61. The van der Waals surface area contributed by atoms with Gasteiger partial charge in [-0.05, 0) is 41.7 Å². The fourth-order valence-electron chi connectivity index (χ4n) is 2.50. The van der Waals surface area contributed by atoms with Crippen LogP contribution in [0.1, 0.15) is 27.9 Å². The normalized spacial score (nSPS) is 13.8. The predicted octanol–water partition coefficient (Wildman–Crippen LogP) is 3.79. The third-order valence-corrected chi connectivity index (χ3v) is 3.49. The fourth-order valence-corrected chi connectivity index (χ4v) is 2.50. The number of aryl methyl sites for hydroxylation is 2. The lowest BCUT2D eigenvalue weighted by molar-refractivity contribution is 0.0994. The van der Waals surface area contributed by atoms with E-state index in [-0.39, 0.29) is 5.78 Å². The maximum Gasteiger partial charge on any atom is 0.163 e. The Morgan fingerprint density at radius 3 is 2.59 bits per heavy atom. The van der Waals surface area contributed by atoms with Crippen LogP contribution in [0.25, 0.3) is 11.1 Å². The first kappa shape index (κ1) is 10.3. The molecule has 0 bridgehead atoms. The van der Waals surface area contributed by atoms with E-state index < -0.39 is 0 Å². The van der Waals surface area contributed by atoms with E-state index in [0.29, 0.717) is 6.42 Å². The Kier molecular flexibility index (Phi) is 2.32. The van der Waals surface area contributed by atoms with Gasteiger partial charge in [-0.2, -0.15) is 0 Å². The van der Waals surface area contributed by atoms with E-state index in [9.17, 15) is 4.79 Å². The number of fused-ring (bicyclic) bond motifs is 1. The van der Waals surface area contributed by atoms with E-state index in [0.717, 1.165) is 17.5 Å². The summed E-state index contributed by atoms with van der Waals surface area (Å²) in [6.07, 6.45) is 1.58. The van der Waals surface area contributed by atoms with E-state index in [1.165, 1.54) is 16.7 Å². The van der Waals surface area contributed by atoms with Crippen LogP contribution in [-0.4, -0.2) is 5.78 Å². The standard InChI is InChI=1S/C16H14O/c1-11-4-2-3-5-14(11)13-7-6-12-8-9-16(17)15(12)10-13/h2-7,10H,8-9H2,1H3. The number of carbonyl (C=O) groups excluding carboxylic acids is 1. The van der Waals surface area contributed by atoms with Gasteiger partial charge < -0.3 is 0 Å². The lowest BCUT2D eigenvalue weighted by atomic mass is 9.97. The molecule has 0 saturated carbocycles. The summed E-state index contributed by atoms with van der Waals surface area (Å²) in [7, 11) is 0. The molecule has 3 rings (SSSR count). The second-order valence-corrected chi connectivity index (χ2v) is 4.61. The molecule has 0 heterocycles. The molecule has 0 saturated heterocycles. The molecule has 84 valence electrons. The Morgan fingerprint density at radius 2 is 1.76 bits per heavy atom. The van der Waals surface area contributed by atoms with Crippen molar-refractivity contribution in [2.45, 2.75) is 19.8 Å². The monoisotopic (exact) mass is 222 g/mol. The average Bonchev–Trinajstić information content (AvgIpc) is 2.71. The quantitative estimate of drug-likeness (QED) is 0.717. The van der Waals surface area contributed by atoms with Gasteiger partial charge in [0, 0.05) is 12.0 Å². The largest absolute Gasteiger partial charge is 0.294 e. The van der Waals surface area contributed by atoms with E-state index >= 15 is 0 Å². The summed E-state index contributed by atoms with van der Waals surface area (Å²) in [5.74, 6) is 0.287. The minimum absolute atomic E-state index is 0.287. The van der Waals surface area contributed by atoms with Crippen LogP contribution in [0, 0.1) is 6.92 Å². The summed E-state index contributed by atoms with van der Waals surface area (Å²) in [4.78, 5) is 11.7. The van der Waals surface area contributed by atoms with Crippen molar-refractivity contribution in [1.29, 1.82) is 0 Å². The molecule has 0 fully saturated rings. The molecule has 1 heteroatoms. The van der Waals surface area contributed by atoms with Crippen molar-refractivity contribution in [3.8, 4) is 11.1 Å². The lowest BCUT2D eigenvalue weighted by Crippen LogP contribution is -1.92. The van der Waals surface area contributed by atoms with Gasteiger partial charge in [0.15, 0.2) is 5.78 Å². The summed E-state index contributed by atoms with van der Waals surface area (Å²) >= 11 is 0. The molecule has 0 unspecified atom stereocenters. The van der Waals surface area contributed by atoms with Gasteiger partial charge in [-0.3, -0.25) is 4.79 Å². The average molecular weight is 222 g/mol. The molecule has 1 aliphatic rings. The van der Waals surface area contributed by atoms with E-state index in [1.54, 1.807) is 0 Å². The van der Waals surface area contributed by atoms with Crippen LogP contribution in [0.5, 0.6) is 0 Å². The highest BCUT2D eigenvalue weighted by atomic mass is 16.1. The zero-order valence-corrected chi connectivity index (χ0v) is 9.86. The summed E-state index contributed by atoms with van der Waals surface area (Å²) in [6.45, 7) is 2.10. The first-order valence-electron chi connectivity index (χ1n) is 5.98. The van der Waals surface area contributed by atoms with E-state index in [1.807, 2.05) is 18.2 Å². The van der Waals surface area contributed by atoms with Gasteiger partial charge >= 0.3 is 0 Å². The summed E-state index contributed by atoms with van der Waals surface area (Å²) in [5.41, 5.74) is 5.74. The molecule has 0 N–H and O–H groups in total. The summed E-state index contributed by atoms with van der Waals surface area (Å²) < 4.78 is 0. The van der Waals surface area contributed by atoms with E-state index in [2.05, 4.69) is 31.2 Å². The molecule has 2 aromatic carbocycles. The van der Waals surface area contributed by atoms with Crippen molar-refractivity contribution >= 4 is 5.78 Å². The smallest absolute Gasteiger partial charge is 0.163 e. The zero-order valence-electron chi connectivity index (χ0n) is 9.86. The van der Waals surface area contributed by atoms with Gasteiger partial charge in [0.25, 0.3) is 0 Å². The predicted molar refractivity (Wildman–Crippen MR) is 69.3 cm³/mol. The van der Waals surface area contributed by atoms with Crippen molar-refractivity contribution < 1.29 is 4.79 Å². The first-order chi connectivity index (χ1) is 8.25. The maximum atomic E-state index is 11.7. The van der Waals surface area contributed by atoms with Crippen LogP contribution in [0.2, 0.25) is 0 Å². The number of hydrogen-bond acceptors (Lipinski definition) is 1. The molecule has 17 heavy (non-hydrogen) atoms. The minimum atomic E-state index is 0.287. The Hall–Kier alpha value is -1.89. The molecular formula is C16H14O. The van der Waals surface area contributed by atoms with Crippen LogP contribution in [0.4, 0.5) is 0 Å². The highest BCUT2D eigenvalue weighted by molar-refractivity contribution is 6.01. The number of hydrogen-bond donors (Lipinski definition) is 0. The van der Waals surface area contributed by atoms with Gasteiger partial charge in [0.2, 0.25) is 0 Å². The first-order valence-corrected chi connectivity index (χ1v) is 5.98. The molecule has 0 spiro atoms. The highest BCUT2D eigenvalue weighted by Crippen LogP contribution is 2.29. The molecule has 0 radical (unpaired) electrons. The number of rotatable bonds is 1. The van der Waals surface area contributed by atoms with Crippen molar-refractivity contribution in [2.24, 2.45) is 0 Å². The van der Waals surface area contributed by atoms with Crippen LogP contribution >= 0.6 is 0 Å². The van der Waals surface area contributed by atoms with Crippen molar-refractivity contribution in [1.82, 2.24) is 0 Å². The molecule has 2 aromatic rings. The van der Waals surface area contributed by atoms with Crippen LogP contribution < -0.4 is 0 Å². The molecule has 1 aliphatic carbocycles. The lowest BCUT2D eigenvalue weighted by Gasteiger charge is -2.07. The maximum absolute atomic E-state index is 11.7. The second kappa shape index (κ2) is 3.85. The Morgan fingerprint density at radius 1 is 0.941 bits per heavy atom. The van der Waals surface area contributed by atoms with Gasteiger partial charge in [0.1, 0.15) is 0 Å². The van der Waals surface area contributed by atoms with Gasteiger partial charge in [0.05, 0.1) is 0 Å². The number of ketones is 1. The molecular weight excluding hydrogens is 208 g/mol. The number of benzene rings is 2. The van der Waals surface area contributed by atoms with Crippen molar-refractivity contribution in [3.05, 3.63) is 59.2 Å². The highest BCUT2D eigenvalue weighted by Gasteiger charge is 2.19. The van der Waals surface area contributed by atoms with Gasteiger partial charge in [-0.1, -0.05) is 36.4 Å². The molecule has 0 aromatic heterocycles. The Bertz CT molecular complexity index is 596. The van der Waals surface area contributed by atoms with E-state index in [4.69, 9.17) is 0 Å². The topological polar surface area (TPSA) is 17.1 Å².